The molecule has 0 radical (unpaired) electrons. The van der Waals surface area contributed by atoms with Gasteiger partial charge in [0.15, 0.2) is 0 Å². The third-order valence-corrected chi connectivity index (χ3v) is 4.80. The van der Waals surface area contributed by atoms with E-state index in [0.29, 0.717) is 35.6 Å². The van der Waals surface area contributed by atoms with Crippen molar-refractivity contribution in [3.05, 3.63) is 47.2 Å². The van der Waals surface area contributed by atoms with Gasteiger partial charge in [-0.1, -0.05) is 0 Å². The summed E-state index contributed by atoms with van der Waals surface area (Å²) >= 11 is 1.46. The lowest BCUT2D eigenvalue weighted by Crippen LogP contribution is -2.11. The Morgan fingerprint density at radius 1 is 1.28 bits per heavy atom. The van der Waals surface area contributed by atoms with E-state index in [4.69, 9.17) is 9.15 Å². The van der Waals surface area contributed by atoms with Crippen molar-refractivity contribution in [1.29, 1.82) is 0 Å². The molecule has 128 valence electrons. The first-order valence-electron chi connectivity index (χ1n) is 8.20. The van der Waals surface area contributed by atoms with E-state index in [1.807, 2.05) is 18.4 Å². The van der Waals surface area contributed by atoms with Crippen molar-refractivity contribution in [1.82, 2.24) is 10.2 Å². The van der Waals surface area contributed by atoms with Crippen molar-refractivity contribution < 1.29 is 13.9 Å². The van der Waals surface area contributed by atoms with Gasteiger partial charge in [-0.15, -0.1) is 21.5 Å². The number of ether oxygens (including phenoxy) is 1. The van der Waals surface area contributed by atoms with Gasteiger partial charge in [-0.2, -0.15) is 0 Å². The Balaban J connectivity index is 1.50. The third-order valence-electron chi connectivity index (χ3n) is 3.90. The number of nitrogens with one attached hydrogen (secondary N) is 1. The van der Waals surface area contributed by atoms with Gasteiger partial charge < -0.3 is 14.5 Å². The van der Waals surface area contributed by atoms with Crippen molar-refractivity contribution in [2.45, 2.75) is 25.7 Å². The van der Waals surface area contributed by atoms with Crippen LogP contribution in [0.1, 0.15) is 41.9 Å². The van der Waals surface area contributed by atoms with E-state index < -0.39 is 0 Å². The van der Waals surface area contributed by atoms with Crippen LogP contribution in [0.25, 0.3) is 10.8 Å². The maximum absolute atomic E-state index is 12.5. The van der Waals surface area contributed by atoms with Gasteiger partial charge in [0.1, 0.15) is 10.6 Å². The molecule has 4 rings (SSSR count). The van der Waals surface area contributed by atoms with Gasteiger partial charge >= 0.3 is 0 Å². The first kappa shape index (κ1) is 15.8. The summed E-state index contributed by atoms with van der Waals surface area (Å²) in [6.45, 7) is 2.52. The van der Waals surface area contributed by atoms with Gasteiger partial charge in [0.2, 0.25) is 5.89 Å². The second-order valence-corrected chi connectivity index (χ2v) is 6.71. The summed E-state index contributed by atoms with van der Waals surface area (Å²) in [7, 11) is 0. The van der Waals surface area contributed by atoms with Gasteiger partial charge in [0, 0.05) is 11.5 Å². The molecule has 0 aliphatic heterocycles. The average Bonchev–Trinajstić information content (AvgIpc) is 3.17. The fraction of sp³-hybridized carbons (Fsp3) is 0.278. The lowest BCUT2D eigenvalue weighted by atomic mass is 10.2. The van der Waals surface area contributed by atoms with Gasteiger partial charge in [0.05, 0.1) is 12.3 Å². The number of hydrogen-bond acceptors (Lipinski definition) is 6. The minimum atomic E-state index is -0.190. The quantitative estimate of drug-likeness (QED) is 0.712. The van der Waals surface area contributed by atoms with E-state index in [9.17, 15) is 4.79 Å². The highest BCUT2D eigenvalue weighted by molar-refractivity contribution is 7.14. The number of benzene rings is 1. The van der Waals surface area contributed by atoms with Crippen LogP contribution in [0.15, 0.2) is 40.1 Å². The molecule has 1 aliphatic carbocycles. The van der Waals surface area contributed by atoms with Crippen LogP contribution >= 0.6 is 11.3 Å². The zero-order chi connectivity index (χ0) is 17.2. The Bertz CT molecular complexity index is 881. The Morgan fingerprint density at radius 2 is 2.08 bits per heavy atom. The minimum absolute atomic E-state index is 0.190. The molecule has 6 nitrogen and oxygen atoms in total. The first-order valence-corrected chi connectivity index (χ1v) is 9.08. The van der Waals surface area contributed by atoms with Crippen LogP contribution in [0.5, 0.6) is 5.75 Å². The standard InChI is InChI=1S/C18H17N3O3S/c1-2-23-13-7-5-11(6-8-13)16(22)19-14-9-10-25-15(14)18-21-20-17(24-18)12-3-4-12/h5-10,12H,2-4H2,1H3,(H,19,22). The Kier molecular flexibility index (Phi) is 4.23. The monoisotopic (exact) mass is 355 g/mol. The minimum Gasteiger partial charge on any atom is -0.494 e. The van der Waals surface area contributed by atoms with Crippen LogP contribution in [0.4, 0.5) is 5.69 Å². The topological polar surface area (TPSA) is 77.2 Å². The largest absolute Gasteiger partial charge is 0.494 e. The first-order chi connectivity index (χ1) is 12.2. The van der Waals surface area contributed by atoms with Crippen molar-refractivity contribution in [3.63, 3.8) is 0 Å². The maximum atomic E-state index is 12.5. The second kappa shape index (κ2) is 6.68. The number of rotatable bonds is 6. The lowest BCUT2D eigenvalue weighted by molar-refractivity contribution is 0.102. The predicted molar refractivity (Wildman–Crippen MR) is 95.2 cm³/mol. The van der Waals surface area contributed by atoms with Crippen LogP contribution in [0, 0.1) is 0 Å². The molecule has 2 aromatic heterocycles. The molecular weight excluding hydrogens is 338 g/mol. The smallest absolute Gasteiger partial charge is 0.259 e. The van der Waals surface area contributed by atoms with Crippen molar-refractivity contribution in [2.24, 2.45) is 0 Å². The summed E-state index contributed by atoms with van der Waals surface area (Å²) in [4.78, 5) is 13.3. The summed E-state index contributed by atoms with van der Waals surface area (Å²) in [6, 6.07) is 8.89. The number of nitrogens with zero attached hydrogens (tertiary/aromatic N) is 2. The fourth-order valence-electron chi connectivity index (χ4n) is 2.46. The summed E-state index contributed by atoms with van der Waals surface area (Å²) in [5.41, 5.74) is 1.24. The molecule has 1 amide bonds. The number of anilines is 1. The van der Waals surface area contributed by atoms with Crippen LogP contribution in [-0.4, -0.2) is 22.7 Å². The molecule has 2 heterocycles. The van der Waals surface area contributed by atoms with E-state index in [0.717, 1.165) is 23.5 Å². The lowest BCUT2D eigenvalue weighted by Gasteiger charge is -2.06. The van der Waals surface area contributed by atoms with Gasteiger partial charge in [0.25, 0.3) is 11.8 Å². The van der Waals surface area contributed by atoms with Crippen molar-refractivity contribution in [2.75, 3.05) is 11.9 Å². The average molecular weight is 355 g/mol. The zero-order valence-corrected chi connectivity index (χ0v) is 14.5. The van der Waals surface area contributed by atoms with Gasteiger partial charge in [-0.25, -0.2) is 0 Å². The molecule has 7 heteroatoms. The van der Waals surface area contributed by atoms with Crippen LogP contribution in [0.3, 0.4) is 0 Å². The molecule has 0 bridgehead atoms. The Morgan fingerprint density at radius 3 is 2.80 bits per heavy atom. The molecule has 0 saturated heterocycles. The van der Waals surface area contributed by atoms with Gasteiger partial charge in [-0.3, -0.25) is 4.79 Å². The van der Waals surface area contributed by atoms with Crippen LogP contribution < -0.4 is 10.1 Å². The Labute approximate surface area is 148 Å². The number of hydrogen-bond donors (Lipinski definition) is 1. The summed E-state index contributed by atoms with van der Waals surface area (Å²) in [5, 5.41) is 13.0. The molecule has 0 unspecified atom stereocenters. The number of carbonyl (C=O) groups is 1. The summed E-state index contributed by atoms with van der Waals surface area (Å²) < 4.78 is 11.1. The molecule has 1 N–H and O–H groups in total. The Hall–Kier alpha value is -2.67. The molecule has 1 fully saturated rings. The van der Waals surface area contributed by atoms with Crippen LogP contribution in [-0.2, 0) is 0 Å². The second-order valence-electron chi connectivity index (χ2n) is 5.79. The number of aromatic nitrogens is 2. The van der Waals surface area contributed by atoms with Gasteiger partial charge in [-0.05, 0) is 55.5 Å². The number of amides is 1. The van der Waals surface area contributed by atoms with E-state index in [1.54, 1.807) is 24.3 Å². The highest BCUT2D eigenvalue weighted by atomic mass is 32.1. The number of carbonyl (C=O) groups excluding carboxylic acids is 1. The normalized spacial score (nSPS) is 13.6. The molecule has 1 aliphatic rings. The maximum Gasteiger partial charge on any atom is 0.259 e. The van der Waals surface area contributed by atoms with Crippen molar-refractivity contribution >= 4 is 22.9 Å². The zero-order valence-electron chi connectivity index (χ0n) is 13.7. The highest BCUT2D eigenvalue weighted by Crippen LogP contribution is 2.41. The van der Waals surface area contributed by atoms with E-state index in [-0.39, 0.29) is 5.91 Å². The summed E-state index contributed by atoms with van der Waals surface area (Å²) in [5.74, 6) is 2.10. The molecule has 1 aromatic carbocycles. The highest BCUT2D eigenvalue weighted by Gasteiger charge is 2.30. The van der Waals surface area contributed by atoms with E-state index >= 15 is 0 Å². The summed E-state index contributed by atoms with van der Waals surface area (Å²) in [6.07, 6.45) is 2.21. The molecule has 3 aromatic rings. The third kappa shape index (κ3) is 3.41. The number of thiophene rings is 1. The molecular formula is C18H17N3O3S. The molecule has 0 spiro atoms. The molecule has 0 atom stereocenters. The van der Waals surface area contributed by atoms with Crippen LogP contribution in [0.2, 0.25) is 0 Å². The SMILES string of the molecule is CCOc1ccc(C(=O)Nc2ccsc2-c2nnc(C3CC3)o2)cc1. The molecule has 25 heavy (non-hydrogen) atoms. The molecule has 1 saturated carbocycles. The van der Waals surface area contributed by atoms with E-state index in [1.165, 1.54) is 11.3 Å². The van der Waals surface area contributed by atoms with Crippen molar-refractivity contribution in [3.8, 4) is 16.5 Å². The fourth-order valence-corrected chi connectivity index (χ4v) is 3.23. The predicted octanol–water partition coefficient (Wildman–Crippen LogP) is 4.33. The van der Waals surface area contributed by atoms with E-state index in [2.05, 4.69) is 15.5 Å².